The van der Waals surface area contributed by atoms with E-state index in [-0.39, 0.29) is 0 Å². The van der Waals surface area contributed by atoms with Gasteiger partial charge in [0.1, 0.15) is 11.4 Å². The van der Waals surface area contributed by atoms with Crippen molar-refractivity contribution < 1.29 is 13.8 Å². The molecule has 0 N–H and O–H groups in total. The van der Waals surface area contributed by atoms with Gasteiger partial charge < -0.3 is 9.25 Å². The zero-order chi connectivity index (χ0) is 17.9. The van der Waals surface area contributed by atoms with Crippen LogP contribution in [0.15, 0.2) is 58.8 Å². The zero-order valence-electron chi connectivity index (χ0n) is 13.1. The lowest BCUT2D eigenvalue weighted by Crippen LogP contribution is -2.16. The summed E-state index contributed by atoms with van der Waals surface area (Å²) >= 11 is 17.2. The second kappa shape index (κ2) is 7.85. The van der Waals surface area contributed by atoms with Crippen LogP contribution in [-0.4, -0.2) is 18.0 Å². The highest BCUT2D eigenvalue weighted by molar-refractivity contribution is 8.07. The summed E-state index contributed by atoms with van der Waals surface area (Å²) in [6, 6.07) is 14.3. The predicted molar refractivity (Wildman–Crippen MR) is 104 cm³/mol. The molecule has 9 heteroatoms. The molecule has 0 saturated carbocycles. The molecule has 130 valence electrons. The van der Waals surface area contributed by atoms with Crippen LogP contribution in [-0.2, 0) is 25.6 Å². The van der Waals surface area contributed by atoms with Gasteiger partial charge in [0.15, 0.2) is 0 Å². The van der Waals surface area contributed by atoms with Crippen molar-refractivity contribution in [3.63, 3.8) is 0 Å². The van der Waals surface area contributed by atoms with E-state index in [0.717, 1.165) is 11.1 Å². The van der Waals surface area contributed by atoms with Gasteiger partial charge in [-0.2, -0.15) is 0 Å². The smallest absolute Gasteiger partial charge is 0.302 e. The molecule has 25 heavy (non-hydrogen) atoms. The summed E-state index contributed by atoms with van der Waals surface area (Å²) in [5.74, 6) is 0. The van der Waals surface area contributed by atoms with E-state index in [1.54, 1.807) is 31.2 Å². The predicted octanol–water partition coefficient (Wildman–Crippen LogP) is 5.41. The fourth-order valence-electron chi connectivity index (χ4n) is 2.08. The lowest BCUT2D eigenvalue weighted by Gasteiger charge is -2.12. The molecule has 1 aliphatic rings. The topological polar surface area (TPSA) is 52.4 Å². The van der Waals surface area contributed by atoms with Gasteiger partial charge in [-0.3, -0.25) is 4.52 Å². The summed E-state index contributed by atoms with van der Waals surface area (Å²) < 4.78 is 16.2. The normalized spacial score (nSPS) is 16.1. The summed E-state index contributed by atoms with van der Waals surface area (Å²) in [6.07, 6.45) is 0. The molecule has 1 aliphatic heterocycles. The lowest BCUT2D eigenvalue weighted by atomic mass is 10.00. The first kappa shape index (κ1) is 18.4. The van der Waals surface area contributed by atoms with Crippen molar-refractivity contribution in [1.82, 2.24) is 0 Å². The molecule has 0 fully saturated rings. The van der Waals surface area contributed by atoms with Crippen LogP contribution in [0.1, 0.15) is 18.1 Å². The van der Waals surface area contributed by atoms with Crippen LogP contribution in [0.25, 0.3) is 0 Å². The Bertz CT molecular complexity index is 802. The SMILES string of the molecule is CCOP1(=S)ON=C(c2ccc(Cl)cc2)C(c2ccc(Cl)cc2)=NO1. The maximum Gasteiger partial charge on any atom is 0.476 e. The molecule has 0 aliphatic carbocycles. The molecule has 0 spiro atoms. The lowest BCUT2D eigenvalue weighted by molar-refractivity contribution is 0.174. The van der Waals surface area contributed by atoms with E-state index >= 15 is 0 Å². The van der Waals surface area contributed by atoms with Gasteiger partial charge >= 0.3 is 6.72 Å². The number of rotatable bonds is 4. The van der Waals surface area contributed by atoms with Crippen LogP contribution in [0.2, 0.25) is 10.0 Å². The van der Waals surface area contributed by atoms with E-state index in [1.165, 1.54) is 0 Å². The van der Waals surface area contributed by atoms with Gasteiger partial charge in [-0.15, -0.1) is 0 Å². The summed E-state index contributed by atoms with van der Waals surface area (Å²) in [6.45, 7) is -0.966. The molecule has 0 amide bonds. The van der Waals surface area contributed by atoms with Gasteiger partial charge in [0.2, 0.25) is 0 Å². The Labute approximate surface area is 160 Å². The van der Waals surface area contributed by atoms with Crippen LogP contribution in [0.3, 0.4) is 0 Å². The Morgan fingerprint density at radius 1 is 0.880 bits per heavy atom. The van der Waals surface area contributed by atoms with Crippen LogP contribution in [0, 0.1) is 0 Å². The minimum atomic E-state index is -3.09. The van der Waals surface area contributed by atoms with E-state index in [1.807, 2.05) is 24.3 Å². The highest BCUT2D eigenvalue weighted by Crippen LogP contribution is 2.51. The molecule has 0 unspecified atom stereocenters. The van der Waals surface area contributed by atoms with Gasteiger partial charge in [-0.05, 0) is 31.2 Å². The monoisotopic (exact) mass is 414 g/mol. The Balaban J connectivity index is 2.09. The first-order chi connectivity index (χ1) is 12.0. The first-order valence-electron chi connectivity index (χ1n) is 7.31. The standard InChI is InChI=1S/C16H13Cl2N2O3PS/c1-2-21-24(25)22-19-15(11-3-7-13(17)8-4-11)16(20-23-24)12-5-9-14(18)10-6-12/h3-10H,2H2,1H3. The third-order valence-corrected chi connectivity index (χ3v) is 5.57. The zero-order valence-corrected chi connectivity index (χ0v) is 16.3. The molecule has 0 bridgehead atoms. The highest BCUT2D eigenvalue weighted by Gasteiger charge is 2.29. The molecule has 5 nitrogen and oxygen atoms in total. The van der Waals surface area contributed by atoms with Crippen LogP contribution >= 0.6 is 29.9 Å². The number of nitrogens with zero attached hydrogens (tertiary/aromatic N) is 2. The molecule has 2 aromatic rings. The molecule has 2 aromatic carbocycles. The average Bonchev–Trinajstić information content (AvgIpc) is 2.76. The third-order valence-electron chi connectivity index (χ3n) is 3.21. The van der Waals surface area contributed by atoms with Gasteiger partial charge in [0, 0.05) is 33.0 Å². The largest absolute Gasteiger partial charge is 0.476 e. The number of hydrogen-bond acceptors (Lipinski definition) is 6. The Hall–Kier alpha value is -1.43. The van der Waals surface area contributed by atoms with Crippen molar-refractivity contribution in [2.45, 2.75) is 6.92 Å². The first-order valence-corrected chi connectivity index (χ1v) is 10.6. The van der Waals surface area contributed by atoms with Gasteiger partial charge in [-0.1, -0.05) is 57.8 Å². The maximum atomic E-state index is 5.97. The Morgan fingerprint density at radius 2 is 1.28 bits per heavy atom. The second-order valence-corrected chi connectivity index (χ2v) is 8.62. The highest BCUT2D eigenvalue weighted by atomic mass is 35.5. The van der Waals surface area contributed by atoms with E-state index < -0.39 is 6.72 Å². The van der Waals surface area contributed by atoms with Crippen molar-refractivity contribution in [1.29, 1.82) is 0 Å². The molecule has 1 heterocycles. The minimum absolute atomic E-state index is 0.328. The molecule has 3 rings (SSSR count). The van der Waals surface area contributed by atoms with Crippen LogP contribution in [0.4, 0.5) is 0 Å². The second-order valence-electron chi connectivity index (χ2n) is 4.92. The number of benzene rings is 2. The summed E-state index contributed by atoms with van der Waals surface area (Å²) in [4.78, 5) is 0. The van der Waals surface area contributed by atoms with E-state index in [4.69, 9.17) is 48.8 Å². The Kier molecular flexibility index (Phi) is 5.77. The fraction of sp³-hybridized carbons (Fsp3) is 0.125. The number of hydrogen-bond donors (Lipinski definition) is 0. The molecule has 0 atom stereocenters. The fourth-order valence-corrected chi connectivity index (χ4v) is 3.65. The average molecular weight is 415 g/mol. The molecular weight excluding hydrogens is 402 g/mol. The molecular formula is C16H13Cl2N2O3PS. The maximum absolute atomic E-state index is 5.97. The summed E-state index contributed by atoms with van der Waals surface area (Å²) in [5, 5.41) is 9.58. The molecule has 0 saturated heterocycles. The molecule has 0 aromatic heterocycles. The van der Waals surface area contributed by atoms with E-state index in [2.05, 4.69) is 10.3 Å². The van der Waals surface area contributed by atoms with Crippen molar-refractivity contribution in [2.75, 3.05) is 6.61 Å². The van der Waals surface area contributed by atoms with Crippen LogP contribution < -0.4 is 0 Å². The van der Waals surface area contributed by atoms with E-state index in [0.29, 0.717) is 28.1 Å². The van der Waals surface area contributed by atoms with Crippen molar-refractivity contribution in [3.05, 3.63) is 69.7 Å². The quantitative estimate of drug-likeness (QED) is 0.627. The van der Waals surface area contributed by atoms with Gasteiger partial charge in [0.25, 0.3) is 0 Å². The minimum Gasteiger partial charge on any atom is -0.302 e. The van der Waals surface area contributed by atoms with Crippen molar-refractivity contribution >= 4 is 53.2 Å². The van der Waals surface area contributed by atoms with Crippen molar-refractivity contribution in [3.8, 4) is 0 Å². The molecule has 0 radical (unpaired) electrons. The van der Waals surface area contributed by atoms with Crippen LogP contribution in [0.5, 0.6) is 0 Å². The Morgan fingerprint density at radius 3 is 1.64 bits per heavy atom. The van der Waals surface area contributed by atoms with Gasteiger partial charge in [-0.25, -0.2) is 0 Å². The third kappa shape index (κ3) is 4.40. The van der Waals surface area contributed by atoms with E-state index in [9.17, 15) is 0 Å². The number of halogens is 2. The van der Waals surface area contributed by atoms with Gasteiger partial charge in [0.05, 0.1) is 6.61 Å². The summed E-state index contributed by atoms with van der Waals surface area (Å²) in [5.41, 5.74) is 2.43. The summed E-state index contributed by atoms with van der Waals surface area (Å²) in [7, 11) is 0. The van der Waals surface area contributed by atoms with Crippen molar-refractivity contribution in [2.24, 2.45) is 10.3 Å². The number of oxime groups is 2.